The number of nitrogens with zero attached hydrogens (tertiary/aromatic N) is 3. The number of aromatic nitrogens is 1. The molecule has 2 heterocycles. The number of halogens is 1. The maximum atomic E-state index is 12.6. The number of amides is 1. The van der Waals surface area contributed by atoms with E-state index in [1.807, 2.05) is 4.90 Å². The van der Waals surface area contributed by atoms with Crippen LogP contribution in [-0.2, 0) is 0 Å². The lowest BCUT2D eigenvalue weighted by Gasteiger charge is -2.33. The highest BCUT2D eigenvalue weighted by molar-refractivity contribution is 6.33. The van der Waals surface area contributed by atoms with Crippen LogP contribution in [0.3, 0.4) is 0 Å². The molecule has 0 radical (unpaired) electrons. The molecule has 21 heavy (non-hydrogen) atoms. The molecule has 1 fully saturated rings. The zero-order valence-electron chi connectivity index (χ0n) is 12.9. The maximum Gasteiger partial charge on any atom is 0.255 e. The molecule has 5 nitrogen and oxygen atoms in total. The Labute approximate surface area is 131 Å². The normalized spacial score (nSPS) is 16.3. The second kappa shape index (κ2) is 7.09. The Morgan fingerprint density at radius 1 is 1.48 bits per heavy atom. The number of carbonyl (C=O) groups is 1. The lowest BCUT2D eigenvalue weighted by Crippen LogP contribution is -2.40. The molecule has 1 saturated heterocycles. The van der Waals surface area contributed by atoms with Gasteiger partial charge in [-0.25, -0.2) is 4.98 Å². The molecule has 1 aromatic heterocycles. The van der Waals surface area contributed by atoms with Crippen LogP contribution in [0.2, 0.25) is 5.02 Å². The minimum Gasteiger partial charge on any atom is -0.373 e. The highest BCUT2D eigenvalue weighted by atomic mass is 35.5. The molecule has 1 amide bonds. The van der Waals surface area contributed by atoms with Crippen molar-refractivity contribution in [1.29, 1.82) is 0 Å². The first-order valence-corrected chi connectivity index (χ1v) is 7.66. The molecule has 1 aliphatic heterocycles. The first-order valence-electron chi connectivity index (χ1n) is 7.28. The molecular formula is C15H23ClN4O. The van der Waals surface area contributed by atoms with Gasteiger partial charge in [0.25, 0.3) is 5.91 Å². The van der Waals surface area contributed by atoms with E-state index in [2.05, 4.69) is 29.3 Å². The smallest absolute Gasteiger partial charge is 0.255 e. The summed E-state index contributed by atoms with van der Waals surface area (Å²) in [6, 6.07) is 1.72. The van der Waals surface area contributed by atoms with Crippen molar-refractivity contribution < 1.29 is 4.79 Å². The minimum absolute atomic E-state index is 0.00204. The van der Waals surface area contributed by atoms with E-state index in [-0.39, 0.29) is 5.91 Å². The fourth-order valence-corrected chi connectivity index (χ4v) is 2.93. The molecule has 6 heteroatoms. The Balaban J connectivity index is 2.02. The third-order valence-corrected chi connectivity index (χ3v) is 4.17. The Hall–Kier alpha value is -1.33. The topological polar surface area (TPSA) is 48.5 Å². The molecule has 0 saturated carbocycles. The van der Waals surface area contributed by atoms with E-state index in [9.17, 15) is 4.79 Å². The summed E-state index contributed by atoms with van der Waals surface area (Å²) in [5.41, 5.74) is 0.530. The zero-order chi connectivity index (χ0) is 15.4. The van der Waals surface area contributed by atoms with E-state index < -0.39 is 0 Å². The third-order valence-electron chi connectivity index (χ3n) is 3.87. The highest BCUT2D eigenvalue weighted by Gasteiger charge is 2.25. The van der Waals surface area contributed by atoms with E-state index >= 15 is 0 Å². The molecule has 0 aliphatic carbocycles. The summed E-state index contributed by atoms with van der Waals surface area (Å²) in [6.07, 6.45) is 3.62. The Morgan fingerprint density at radius 2 is 2.14 bits per heavy atom. The van der Waals surface area contributed by atoms with Crippen molar-refractivity contribution in [1.82, 2.24) is 14.8 Å². The minimum atomic E-state index is 0.00204. The molecule has 0 bridgehead atoms. The van der Waals surface area contributed by atoms with Crippen LogP contribution in [0.25, 0.3) is 0 Å². The summed E-state index contributed by atoms with van der Waals surface area (Å²) in [5.74, 6) is 1.33. The van der Waals surface area contributed by atoms with Crippen LogP contribution < -0.4 is 5.32 Å². The monoisotopic (exact) mass is 310 g/mol. The molecule has 1 aliphatic rings. The Kier molecular flexibility index (Phi) is 5.42. The molecule has 0 unspecified atom stereocenters. The van der Waals surface area contributed by atoms with Gasteiger partial charge in [0.1, 0.15) is 5.82 Å². The van der Waals surface area contributed by atoms with Crippen LogP contribution in [0, 0.1) is 5.92 Å². The van der Waals surface area contributed by atoms with E-state index in [1.165, 1.54) is 6.20 Å². The molecular weight excluding hydrogens is 288 g/mol. The average molecular weight is 311 g/mol. The van der Waals surface area contributed by atoms with Gasteiger partial charge in [-0.1, -0.05) is 11.6 Å². The Bertz CT molecular complexity index is 498. The summed E-state index contributed by atoms with van der Waals surface area (Å²) in [7, 11) is 5.96. The van der Waals surface area contributed by atoms with E-state index in [0.29, 0.717) is 22.3 Å². The first kappa shape index (κ1) is 16.0. The SMILES string of the molecule is CNc1cc(C(=O)N2CCC(CN(C)C)CC2)c(Cl)cn1. The number of nitrogens with one attached hydrogen (secondary N) is 1. The van der Waals surface area contributed by atoms with Gasteiger partial charge in [0.15, 0.2) is 0 Å². The van der Waals surface area contributed by atoms with E-state index in [1.54, 1.807) is 13.1 Å². The van der Waals surface area contributed by atoms with Gasteiger partial charge < -0.3 is 15.1 Å². The van der Waals surface area contributed by atoms with Crippen molar-refractivity contribution in [3.63, 3.8) is 0 Å². The van der Waals surface area contributed by atoms with Crippen LogP contribution in [0.1, 0.15) is 23.2 Å². The average Bonchev–Trinajstić information content (AvgIpc) is 2.47. The molecule has 0 spiro atoms. The van der Waals surface area contributed by atoms with Crippen LogP contribution in [0.4, 0.5) is 5.82 Å². The lowest BCUT2D eigenvalue weighted by atomic mass is 9.96. The van der Waals surface area contributed by atoms with Crippen molar-refractivity contribution in [2.75, 3.05) is 46.1 Å². The number of carbonyl (C=O) groups excluding carboxylic acids is 1. The number of likely N-dealkylation sites (tertiary alicyclic amines) is 1. The molecule has 0 aromatic carbocycles. The number of pyridine rings is 1. The van der Waals surface area contributed by atoms with Gasteiger partial charge >= 0.3 is 0 Å². The quantitative estimate of drug-likeness (QED) is 0.926. The van der Waals surface area contributed by atoms with Crippen molar-refractivity contribution >= 4 is 23.3 Å². The number of hydrogen-bond acceptors (Lipinski definition) is 4. The second-order valence-corrected chi connectivity index (χ2v) is 6.20. The maximum absolute atomic E-state index is 12.6. The van der Waals surface area contributed by atoms with Crippen LogP contribution in [-0.4, -0.2) is 61.5 Å². The second-order valence-electron chi connectivity index (χ2n) is 5.80. The van der Waals surface area contributed by atoms with Crippen LogP contribution >= 0.6 is 11.6 Å². The lowest BCUT2D eigenvalue weighted by molar-refractivity contribution is 0.0678. The van der Waals surface area contributed by atoms with Gasteiger partial charge in [0.2, 0.25) is 0 Å². The van der Waals surface area contributed by atoms with Gasteiger partial charge in [-0.05, 0) is 38.9 Å². The number of piperidine rings is 1. The summed E-state index contributed by atoms with van der Waals surface area (Å²) >= 11 is 6.12. The van der Waals surface area contributed by atoms with Gasteiger partial charge in [0, 0.05) is 32.9 Å². The van der Waals surface area contributed by atoms with Crippen molar-refractivity contribution in [3.8, 4) is 0 Å². The van der Waals surface area contributed by atoms with E-state index in [0.717, 1.165) is 32.5 Å². The van der Waals surface area contributed by atoms with E-state index in [4.69, 9.17) is 11.6 Å². The summed E-state index contributed by atoms with van der Waals surface area (Å²) in [4.78, 5) is 20.8. The molecule has 116 valence electrons. The third kappa shape index (κ3) is 4.08. The van der Waals surface area contributed by atoms with Crippen molar-refractivity contribution in [3.05, 3.63) is 22.8 Å². The van der Waals surface area contributed by atoms with Gasteiger partial charge in [-0.2, -0.15) is 0 Å². The van der Waals surface area contributed by atoms with Crippen molar-refractivity contribution in [2.45, 2.75) is 12.8 Å². The van der Waals surface area contributed by atoms with Gasteiger partial charge in [-0.3, -0.25) is 4.79 Å². The fourth-order valence-electron chi connectivity index (χ4n) is 2.74. The largest absolute Gasteiger partial charge is 0.373 e. The van der Waals surface area contributed by atoms with Gasteiger partial charge in [-0.15, -0.1) is 0 Å². The van der Waals surface area contributed by atoms with Crippen LogP contribution in [0.15, 0.2) is 12.3 Å². The standard InChI is InChI=1S/C15H23ClN4O/c1-17-14-8-12(13(16)9-18-14)15(21)20-6-4-11(5-7-20)10-19(2)3/h8-9,11H,4-7,10H2,1-3H3,(H,17,18). The predicted octanol–water partition coefficient (Wildman–Crippen LogP) is 2.19. The van der Waals surface area contributed by atoms with Crippen molar-refractivity contribution in [2.24, 2.45) is 5.92 Å². The Morgan fingerprint density at radius 3 is 2.71 bits per heavy atom. The summed E-state index contributed by atoms with van der Waals surface area (Å²) < 4.78 is 0. The number of hydrogen-bond donors (Lipinski definition) is 1. The molecule has 0 atom stereocenters. The molecule has 2 rings (SSSR count). The highest BCUT2D eigenvalue weighted by Crippen LogP contribution is 2.23. The summed E-state index contributed by atoms with van der Waals surface area (Å²) in [6.45, 7) is 2.68. The summed E-state index contributed by atoms with van der Waals surface area (Å²) in [5, 5.41) is 3.35. The number of rotatable bonds is 4. The van der Waals surface area contributed by atoms with Gasteiger partial charge in [0.05, 0.1) is 10.6 Å². The zero-order valence-corrected chi connectivity index (χ0v) is 13.7. The molecule has 1 aromatic rings. The first-order chi connectivity index (χ1) is 10.0. The van der Waals surface area contributed by atoms with Crippen LogP contribution in [0.5, 0.6) is 0 Å². The number of anilines is 1. The molecule has 1 N–H and O–H groups in total. The fraction of sp³-hybridized carbons (Fsp3) is 0.600. The predicted molar refractivity (Wildman–Crippen MR) is 86.0 cm³/mol.